The fourth-order valence-corrected chi connectivity index (χ4v) is 2.72. The van der Waals surface area contributed by atoms with Crippen molar-refractivity contribution in [3.63, 3.8) is 0 Å². The van der Waals surface area contributed by atoms with E-state index in [9.17, 15) is 18.8 Å². The average molecular weight is 396 g/mol. The topological polar surface area (TPSA) is 93.1 Å². The normalized spacial score (nSPS) is 11.3. The van der Waals surface area contributed by atoms with Gasteiger partial charge in [0.15, 0.2) is 0 Å². The summed E-state index contributed by atoms with van der Waals surface area (Å²) in [6, 6.07) is 10.1. The molecule has 2 amide bonds. The summed E-state index contributed by atoms with van der Waals surface area (Å²) in [5, 5.41) is 5.62. The van der Waals surface area contributed by atoms with Gasteiger partial charge in [-0.25, -0.2) is 9.37 Å². The van der Waals surface area contributed by atoms with Gasteiger partial charge in [0.05, 0.1) is 17.2 Å². The summed E-state index contributed by atoms with van der Waals surface area (Å²) in [5.74, 6) is -1.21. The monoisotopic (exact) mass is 396 g/mol. The quantitative estimate of drug-likeness (QED) is 0.709. The first-order chi connectivity index (χ1) is 13.6. The smallest absolute Gasteiger partial charge is 0.261 e. The minimum absolute atomic E-state index is 0.106. The minimum atomic E-state index is -0.547. The molecule has 1 heterocycles. The highest BCUT2D eigenvalue weighted by molar-refractivity contribution is 5.96. The van der Waals surface area contributed by atoms with E-state index in [0.717, 1.165) is 10.6 Å². The second-order valence-corrected chi connectivity index (χ2v) is 7.67. The zero-order valence-electron chi connectivity index (χ0n) is 16.3. The van der Waals surface area contributed by atoms with Gasteiger partial charge in [0.25, 0.3) is 11.5 Å². The third kappa shape index (κ3) is 5.04. The highest BCUT2D eigenvalue weighted by Gasteiger charge is 2.15. The summed E-state index contributed by atoms with van der Waals surface area (Å²) in [4.78, 5) is 40.9. The van der Waals surface area contributed by atoms with Gasteiger partial charge in [0.1, 0.15) is 12.4 Å². The van der Waals surface area contributed by atoms with Gasteiger partial charge in [-0.3, -0.25) is 19.0 Å². The van der Waals surface area contributed by atoms with Gasteiger partial charge in [-0.2, -0.15) is 0 Å². The first-order valence-corrected chi connectivity index (χ1v) is 8.99. The molecule has 3 rings (SSSR count). The predicted molar refractivity (Wildman–Crippen MR) is 108 cm³/mol. The Morgan fingerprint density at radius 3 is 2.45 bits per heavy atom. The summed E-state index contributed by atoms with van der Waals surface area (Å²) in [6.07, 6.45) is 1.25. The maximum absolute atomic E-state index is 13.4. The fourth-order valence-electron chi connectivity index (χ4n) is 2.72. The van der Waals surface area contributed by atoms with Crippen molar-refractivity contribution in [2.75, 3.05) is 5.32 Å². The summed E-state index contributed by atoms with van der Waals surface area (Å²) < 4.78 is 14.5. The molecule has 1 aromatic heterocycles. The summed E-state index contributed by atoms with van der Waals surface area (Å²) in [5.41, 5.74) is 0.453. The van der Waals surface area contributed by atoms with E-state index in [4.69, 9.17) is 0 Å². The van der Waals surface area contributed by atoms with Crippen molar-refractivity contribution >= 4 is 28.4 Å². The van der Waals surface area contributed by atoms with Crippen LogP contribution >= 0.6 is 0 Å². The van der Waals surface area contributed by atoms with Gasteiger partial charge in [-0.05, 0) is 63.2 Å². The molecule has 2 N–H and O–H groups in total. The Morgan fingerprint density at radius 1 is 1.10 bits per heavy atom. The molecule has 150 valence electrons. The molecular formula is C21H21FN4O3. The molecule has 0 fully saturated rings. The molecule has 2 aromatic carbocycles. The third-order valence-electron chi connectivity index (χ3n) is 4.02. The third-order valence-corrected chi connectivity index (χ3v) is 4.02. The lowest BCUT2D eigenvalue weighted by Crippen LogP contribution is -2.40. The van der Waals surface area contributed by atoms with Crippen molar-refractivity contribution in [3.05, 3.63) is 70.5 Å². The number of fused-ring (bicyclic) bond motifs is 1. The van der Waals surface area contributed by atoms with Crippen LogP contribution < -0.4 is 16.2 Å². The maximum atomic E-state index is 13.4. The number of benzene rings is 2. The van der Waals surface area contributed by atoms with Crippen LogP contribution in [0.3, 0.4) is 0 Å². The molecule has 0 saturated heterocycles. The number of nitrogens with zero attached hydrogens (tertiary/aromatic N) is 2. The minimum Gasteiger partial charge on any atom is -0.347 e. The first kappa shape index (κ1) is 20.2. The zero-order valence-corrected chi connectivity index (χ0v) is 16.3. The molecule has 0 bridgehead atoms. The van der Waals surface area contributed by atoms with E-state index in [1.54, 1.807) is 24.3 Å². The van der Waals surface area contributed by atoms with Gasteiger partial charge in [0.2, 0.25) is 5.91 Å². The molecule has 0 aliphatic heterocycles. The number of amides is 2. The summed E-state index contributed by atoms with van der Waals surface area (Å²) in [6.45, 7) is 5.39. The molecule has 3 aromatic rings. The van der Waals surface area contributed by atoms with Crippen molar-refractivity contribution < 1.29 is 14.0 Å². The number of halogens is 1. The SMILES string of the molecule is CC(C)(C)NC(=O)c1ccc(NC(=O)Cn2cnc3ccc(F)cc3c2=O)cc1. The lowest BCUT2D eigenvalue weighted by Gasteiger charge is -2.20. The van der Waals surface area contributed by atoms with Crippen molar-refractivity contribution in [3.8, 4) is 0 Å². The standard InChI is InChI=1S/C21H21FN4O3/c1-21(2,3)25-19(28)13-4-7-15(8-5-13)24-18(27)11-26-12-23-17-9-6-14(22)10-16(17)20(26)29/h4-10,12H,11H2,1-3H3,(H,24,27)(H,25,28). The lowest BCUT2D eigenvalue weighted by molar-refractivity contribution is -0.116. The Balaban J connectivity index is 1.70. The molecule has 0 unspecified atom stereocenters. The second-order valence-electron chi connectivity index (χ2n) is 7.67. The molecule has 7 nitrogen and oxygen atoms in total. The number of hydrogen-bond donors (Lipinski definition) is 2. The number of hydrogen-bond acceptors (Lipinski definition) is 4. The molecule has 0 atom stereocenters. The van der Waals surface area contributed by atoms with E-state index < -0.39 is 17.3 Å². The average Bonchev–Trinajstić information content (AvgIpc) is 2.63. The highest BCUT2D eigenvalue weighted by Crippen LogP contribution is 2.12. The van der Waals surface area contributed by atoms with Crippen LogP contribution in [0.5, 0.6) is 0 Å². The second kappa shape index (κ2) is 7.83. The number of anilines is 1. The molecule has 8 heteroatoms. The maximum Gasteiger partial charge on any atom is 0.261 e. The number of carbonyl (C=O) groups is 2. The lowest BCUT2D eigenvalue weighted by atomic mass is 10.1. The zero-order chi connectivity index (χ0) is 21.2. The number of rotatable bonds is 4. The van der Waals surface area contributed by atoms with Gasteiger partial charge in [-0.1, -0.05) is 0 Å². The largest absolute Gasteiger partial charge is 0.347 e. The van der Waals surface area contributed by atoms with E-state index in [0.29, 0.717) is 16.8 Å². The van der Waals surface area contributed by atoms with Crippen LogP contribution in [0.1, 0.15) is 31.1 Å². The Hall–Kier alpha value is -3.55. The van der Waals surface area contributed by atoms with Gasteiger partial charge in [0, 0.05) is 16.8 Å². The Bertz CT molecular complexity index is 1130. The molecule has 29 heavy (non-hydrogen) atoms. The van der Waals surface area contributed by atoms with Gasteiger partial charge < -0.3 is 10.6 Å². The summed E-state index contributed by atoms with van der Waals surface area (Å²) >= 11 is 0. The van der Waals surface area contributed by atoms with Crippen molar-refractivity contribution in [1.82, 2.24) is 14.9 Å². The molecule has 0 spiro atoms. The Labute approximate surface area is 166 Å². The van der Waals surface area contributed by atoms with E-state index >= 15 is 0 Å². The van der Waals surface area contributed by atoms with Crippen LogP contribution in [0.25, 0.3) is 10.9 Å². The van der Waals surface area contributed by atoms with Crippen LogP contribution in [0.4, 0.5) is 10.1 Å². The van der Waals surface area contributed by atoms with Crippen LogP contribution in [0, 0.1) is 5.82 Å². The first-order valence-electron chi connectivity index (χ1n) is 8.99. The van der Waals surface area contributed by atoms with E-state index in [2.05, 4.69) is 15.6 Å². The van der Waals surface area contributed by atoms with Crippen molar-refractivity contribution in [2.24, 2.45) is 0 Å². The van der Waals surface area contributed by atoms with E-state index in [1.807, 2.05) is 20.8 Å². The molecule has 0 radical (unpaired) electrons. The number of aromatic nitrogens is 2. The molecular weight excluding hydrogens is 375 g/mol. The van der Waals surface area contributed by atoms with Gasteiger partial charge in [-0.15, -0.1) is 0 Å². The van der Waals surface area contributed by atoms with Crippen LogP contribution in [-0.4, -0.2) is 26.9 Å². The van der Waals surface area contributed by atoms with E-state index in [-0.39, 0.29) is 23.4 Å². The van der Waals surface area contributed by atoms with Crippen LogP contribution in [-0.2, 0) is 11.3 Å². The Kier molecular flexibility index (Phi) is 5.45. The fraction of sp³-hybridized carbons (Fsp3) is 0.238. The molecule has 0 saturated carbocycles. The molecule has 0 aliphatic carbocycles. The molecule has 0 aliphatic rings. The van der Waals surface area contributed by atoms with Crippen molar-refractivity contribution in [1.29, 1.82) is 0 Å². The highest BCUT2D eigenvalue weighted by atomic mass is 19.1. The van der Waals surface area contributed by atoms with Crippen molar-refractivity contribution in [2.45, 2.75) is 32.9 Å². The summed E-state index contributed by atoms with van der Waals surface area (Å²) in [7, 11) is 0. The van der Waals surface area contributed by atoms with Crippen LogP contribution in [0.2, 0.25) is 0 Å². The van der Waals surface area contributed by atoms with E-state index in [1.165, 1.54) is 18.5 Å². The Morgan fingerprint density at radius 2 is 1.79 bits per heavy atom. The van der Waals surface area contributed by atoms with Gasteiger partial charge >= 0.3 is 0 Å². The number of nitrogens with one attached hydrogen (secondary N) is 2. The van der Waals surface area contributed by atoms with Crippen LogP contribution in [0.15, 0.2) is 53.6 Å². The number of carbonyl (C=O) groups excluding carboxylic acids is 2. The predicted octanol–water partition coefficient (Wildman–Crippen LogP) is 2.70.